The first-order valence-corrected chi connectivity index (χ1v) is 22.2. The molecule has 0 radical (unpaired) electrons. The average molecular weight is 647 g/mol. The molecule has 0 aromatic heterocycles. The Morgan fingerprint density at radius 3 is 0.696 bits per heavy atom. The second-order valence-electron chi connectivity index (χ2n) is 16.2. The molecule has 1 rings (SSSR count). The van der Waals surface area contributed by atoms with Gasteiger partial charge in [-0.2, -0.15) is 0 Å². The smallest absolute Gasteiger partial charge is 0.0311 e. The lowest BCUT2D eigenvalue weighted by Gasteiger charge is -2.51. The maximum absolute atomic E-state index is 4.59. The highest BCUT2D eigenvalue weighted by Gasteiger charge is 2.42. The quantitative estimate of drug-likeness (QED) is 0.0662. The summed E-state index contributed by atoms with van der Waals surface area (Å²) in [6.07, 6.45) is 51.4. The Balaban J connectivity index is 2.76. The lowest BCUT2D eigenvalue weighted by Crippen LogP contribution is -2.70. The van der Waals surface area contributed by atoms with Gasteiger partial charge in [0.05, 0.1) is 0 Å². The number of unbranched alkanes of at least 4 members (excludes halogenated alkanes) is 28. The first-order valence-electron chi connectivity index (χ1n) is 22.2. The van der Waals surface area contributed by atoms with Crippen LogP contribution in [0.4, 0.5) is 0 Å². The van der Waals surface area contributed by atoms with Gasteiger partial charge in [-0.3, -0.25) is 0 Å². The van der Waals surface area contributed by atoms with E-state index in [1.807, 2.05) is 0 Å². The Bertz CT molecular complexity index is 511. The monoisotopic (exact) mass is 647 g/mol. The molecule has 1 aliphatic rings. The van der Waals surface area contributed by atoms with Crippen LogP contribution in [0, 0.1) is 0 Å². The van der Waals surface area contributed by atoms with Crippen molar-refractivity contribution in [3.8, 4) is 0 Å². The third-order valence-electron chi connectivity index (χ3n) is 11.5. The number of hydrogen-bond donors (Lipinski definition) is 2. The summed E-state index contributed by atoms with van der Waals surface area (Å²) in [6.45, 7) is 11.7. The molecule has 1 aliphatic heterocycles. The molecule has 0 atom stereocenters. The lowest BCUT2D eigenvalue weighted by molar-refractivity contribution is 0.103. The molecule has 46 heavy (non-hydrogen) atoms. The summed E-state index contributed by atoms with van der Waals surface area (Å²) in [5.41, 5.74) is 0.645. The molecule has 0 amide bonds. The highest BCUT2D eigenvalue weighted by atomic mass is 15.2. The van der Waals surface area contributed by atoms with Crippen LogP contribution in [-0.4, -0.2) is 24.2 Å². The first kappa shape index (κ1) is 43.9. The van der Waals surface area contributed by atoms with E-state index < -0.39 is 0 Å². The van der Waals surface area contributed by atoms with Gasteiger partial charge in [-0.15, -0.1) is 0 Å². The Morgan fingerprint density at radius 1 is 0.283 bits per heavy atom. The zero-order valence-electron chi connectivity index (χ0n) is 32.9. The highest BCUT2D eigenvalue weighted by molar-refractivity contribution is 5.05. The number of piperazine rings is 1. The van der Waals surface area contributed by atoms with E-state index in [2.05, 4.69) is 38.3 Å². The van der Waals surface area contributed by atoms with Crippen molar-refractivity contribution in [2.24, 2.45) is 0 Å². The molecule has 2 N–H and O–H groups in total. The van der Waals surface area contributed by atoms with Gasteiger partial charge in [0.15, 0.2) is 0 Å². The predicted molar refractivity (Wildman–Crippen MR) is 210 cm³/mol. The van der Waals surface area contributed by atoms with Crippen LogP contribution in [-0.2, 0) is 0 Å². The van der Waals surface area contributed by atoms with E-state index in [0.717, 1.165) is 0 Å². The van der Waals surface area contributed by atoms with Crippen LogP contribution in [0.15, 0.2) is 0 Å². The summed E-state index contributed by atoms with van der Waals surface area (Å²) >= 11 is 0. The summed E-state index contributed by atoms with van der Waals surface area (Å²) in [7, 11) is 0. The predicted octanol–water partition coefficient (Wildman–Crippen LogP) is 14.8. The molecule has 0 aliphatic carbocycles. The molecule has 2 nitrogen and oxygen atoms in total. The molecule has 1 fully saturated rings. The Morgan fingerprint density at radius 2 is 0.478 bits per heavy atom. The minimum absolute atomic E-state index is 0.322. The van der Waals surface area contributed by atoms with Crippen molar-refractivity contribution in [1.29, 1.82) is 0 Å². The fraction of sp³-hybridized carbons (Fsp3) is 1.00. The highest BCUT2D eigenvalue weighted by Crippen LogP contribution is 2.34. The van der Waals surface area contributed by atoms with Gasteiger partial charge in [-0.05, 0) is 25.7 Å². The van der Waals surface area contributed by atoms with E-state index in [1.54, 1.807) is 0 Å². The van der Waals surface area contributed by atoms with Gasteiger partial charge < -0.3 is 10.6 Å². The molecular weight excluding hydrogens is 556 g/mol. The topological polar surface area (TPSA) is 24.1 Å². The molecule has 1 heterocycles. The Kier molecular flexibility index (Phi) is 30.7. The van der Waals surface area contributed by atoms with E-state index in [1.165, 1.54) is 244 Å². The number of hydrogen-bond acceptors (Lipinski definition) is 2. The molecular formula is C44H90N2. The van der Waals surface area contributed by atoms with Gasteiger partial charge in [-0.1, -0.05) is 233 Å². The first-order chi connectivity index (χ1) is 22.7. The Hall–Kier alpha value is -0.0800. The summed E-state index contributed by atoms with van der Waals surface area (Å²) in [5, 5.41) is 8.70. The summed E-state index contributed by atoms with van der Waals surface area (Å²) in [5.74, 6) is 0. The Labute approximate surface area is 293 Å². The zero-order chi connectivity index (χ0) is 33.3. The van der Waals surface area contributed by atoms with Crippen molar-refractivity contribution in [3.05, 3.63) is 0 Å². The van der Waals surface area contributed by atoms with Crippen LogP contribution >= 0.6 is 0 Å². The number of nitrogens with one attached hydrogen (secondary N) is 2. The van der Waals surface area contributed by atoms with Crippen LogP contribution in [0.5, 0.6) is 0 Å². The van der Waals surface area contributed by atoms with E-state index in [-0.39, 0.29) is 0 Å². The molecule has 2 heteroatoms. The second kappa shape index (κ2) is 32.1. The normalized spacial score (nSPS) is 15.9. The van der Waals surface area contributed by atoms with Crippen molar-refractivity contribution in [2.75, 3.05) is 13.1 Å². The largest absolute Gasteiger partial charge is 0.313 e. The van der Waals surface area contributed by atoms with Gasteiger partial charge in [0.2, 0.25) is 0 Å². The van der Waals surface area contributed by atoms with E-state index in [0.29, 0.717) is 11.1 Å². The van der Waals surface area contributed by atoms with Crippen LogP contribution < -0.4 is 10.6 Å². The lowest BCUT2D eigenvalue weighted by atomic mass is 9.76. The fourth-order valence-corrected chi connectivity index (χ4v) is 8.43. The van der Waals surface area contributed by atoms with Gasteiger partial charge >= 0.3 is 0 Å². The average Bonchev–Trinajstić information content (AvgIpc) is 3.06. The van der Waals surface area contributed by atoms with Crippen LogP contribution in [0.25, 0.3) is 0 Å². The summed E-state index contributed by atoms with van der Waals surface area (Å²) < 4.78 is 0. The van der Waals surface area contributed by atoms with Crippen molar-refractivity contribution >= 4 is 0 Å². The van der Waals surface area contributed by atoms with Crippen LogP contribution in [0.3, 0.4) is 0 Å². The standard InChI is InChI=1S/C44H90N2/c1-5-9-13-17-21-25-29-33-37-43(38-34-30-26-22-18-14-10-6-2)41-45-42-44(46-43,39-35-31-27-23-19-15-11-7-3)40-36-32-28-24-20-16-12-8-4/h45-46H,5-42H2,1-4H3. The third-order valence-corrected chi connectivity index (χ3v) is 11.5. The SMILES string of the molecule is CCCCCCCCCCC1(CCCCCCCCCC)CNCC(CCCCCCCCCC)(CCCCCCCCCC)N1. The van der Waals surface area contributed by atoms with Crippen molar-refractivity contribution < 1.29 is 0 Å². The minimum Gasteiger partial charge on any atom is -0.313 e. The maximum Gasteiger partial charge on any atom is 0.0311 e. The molecule has 1 saturated heterocycles. The van der Waals surface area contributed by atoms with Gasteiger partial charge in [-0.25, -0.2) is 0 Å². The zero-order valence-corrected chi connectivity index (χ0v) is 32.9. The minimum atomic E-state index is 0.322. The molecule has 0 aromatic carbocycles. The van der Waals surface area contributed by atoms with Crippen molar-refractivity contribution in [1.82, 2.24) is 10.6 Å². The molecule has 276 valence electrons. The van der Waals surface area contributed by atoms with Gasteiger partial charge in [0.25, 0.3) is 0 Å². The number of rotatable bonds is 36. The summed E-state index contributed by atoms with van der Waals surface area (Å²) in [4.78, 5) is 0. The molecule has 0 unspecified atom stereocenters. The second-order valence-corrected chi connectivity index (χ2v) is 16.2. The molecule has 0 bridgehead atoms. The van der Waals surface area contributed by atoms with Crippen LogP contribution in [0.1, 0.15) is 259 Å². The molecule has 0 spiro atoms. The van der Waals surface area contributed by atoms with E-state index in [4.69, 9.17) is 0 Å². The molecule has 0 aromatic rings. The van der Waals surface area contributed by atoms with Crippen molar-refractivity contribution in [2.45, 2.75) is 270 Å². The van der Waals surface area contributed by atoms with Crippen molar-refractivity contribution in [3.63, 3.8) is 0 Å². The van der Waals surface area contributed by atoms with Crippen LogP contribution in [0.2, 0.25) is 0 Å². The fourth-order valence-electron chi connectivity index (χ4n) is 8.43. The summed E-state index contributed by atoms with van der Waals surface area (Å²) in [6, 6.07) is 0. The van der Waals surface area contributed by atoms with E-state index >= 15 is 0 Å². The third kappa shape index (κ3) is 24.1. The maximum atomic E-state index is 4.59. The van der Waals surface area contributed by atoms with Gasteiger partial charge in [0.1, 0.15) is 0 Å². The molecule has 0 saturated carbocycles. The van der Waals surface area contributed by atoms with Gasteiger partial charge in [0, 0.05) is 24.2 Å². The van der Waals surface area contributed by atoms with E-state index in [9.17, 15) is 0 Å².